The van der Waals surface area contributed by atoms with E-state index in [0.29, 0.717) is 16.7 Å². The van der Waals surface area contributed by atoms with Gasteiger partial charge < -0.3 is 4.52 Å². The quantitative estimate of drug-likeness (QED) is 0.753. The second kappa shape index (κ2) is 4.30. The van der Waals surface area contributed by atoms with Crippen LogP contribution in [-0.2, 0) is 10.0 Å². The molecule has 20 heavy (non-hydrogen) atoms. The van der Waals surface area contributed by atoms with Crippen molar-refractivity contribution >= 4 is 26.9 Å². The SMILES string of the molecule is Cc1noc(C)c1S(=O)(=O)Nc1n[nH]c2ncccc12. The van der Waals surface area contributed by atoms with Crippen molar-refractivity contribution in [2.75, 3.05) is 4.72 Å². The summed E-state index contributed by atoms with van der Waals surface area (Å²) in [6.45, 7) is 3.11. The number of rotatable bonds is 3. The van der Waals surface area contributed by atoms with E-state index in [-0.39, 0.29) is 16.5 Å². The zero-order valence-corrected chi connectivity index (χ0v) is 11.5. The van der Waals surface area contributed by atoms with Gasteiger partial charge in [0.15, 0.2) is 22.1 Å². The average molecular weight is 293 g/mol. The average Bonchev–Trinajstić information content (AvgIpc) is 2.94. The van der Waals surface area contributed by atoms with Crippen LogP contribution in [0, 0.1) is 13.8 Å². The van der Waals surface area contributed by atoms with Crippen molar-refractivity contribution in [3.63, 3.8) is 0 Å². The molecule has 0 radical (unpaired) electrons. The lowest BCUT2D eigenvalue weighted by atomic mass is 10.3. The molecule has 3 heterocycles. The van der Waals surface area contributed by atoms with E-state index in [1.807, 2.05) is 0 Å². The van der Waals surface area contributed by atoms with Crippen molar-refractivity contribution in [1.29, 1.82) is 0 Å². The molecule has 3 aromatic rings. The molecule has 0 fully saturated rings. The number of sulfonamides is 1. The Morgan fingerprint density at radius 1 is 1.35 bits per heavy atom. The number of anilines is 1. The highest BCUT2D eigenvalue weighted by atomic mass is 32.2. The van der Waals surface area contributed by atoms with E-state index in [0.717, 1.165) is 0 Å². The van der Waals surface area contributed by atoms with Crippen LogP contribution < -0.4 is 4.72 Å². The van der Waals surface area contributed by atoms with Gasteiger partial charge in [0.2, 0.25) is 0 Å². The van der Waals surface area contributed by atoms with Crippen molar-refractivity contribution in [2.24, 2.45) is 0 Å². The highest BCUT2D eigenvalue weighted by Gasteiger charge is 2.25. The molecular weight excluding hydrogens is 282 g/mol. The van der Waals surface area contributed by atoms with Crippen LogP contribution >= 0.6 is 0 Å². The van der Waals surface area contributed by atoms with Gasteiger partial charge in [0.05, 0.1) is 5.39 Å². The summed E-state index contributed by atoms with van der Waals surface area (Å²) in [5.74, 6) is 0.418. The maximum atomic E-state index is 12.4. The zero-order valence-electron chi connectivity index (χ0n) is 10.7. The first-order valence-electron chi connectivity index (χ1n) is 5.74. The smallest absolute Gasteiger partial charge is 0.268 e. The van der Waals surface area contributed by atoms with E-state index >= 15 is 0 Å². The Bertz CT molecular complexity index is 861. The number of hydrogen-bond acceptors (Lipinski definition) is 6. The summed E-state index contributed by atoms with van der Waals surface area (Å²) in [7, 11) is -3.81. The standard InChI is InChI=1S/C11H11N5O3S/c1-6-9(7(2)19-15-6)20(17,18)16-11-8-4-3-5-12-10(8)13-14-11/h3-5H,1-2H3,(H2,12,13,14,16). The van der Waals surface area contributed by atoms with E-state index in [4.69, 9.17) is 4.52 Å². The van der Waals surface area contributed by atoms with Crippen LogP contribution in [0.2, 0.25) is 0 Å². The Morgan fingerprint density at radius 2 is 2.15 bits per heavy atom. The predicted molar refractivity (Wildman–Crippen MR) is 70.7 cm³/mol. The van der Waals surface area contributed by atoms with Crippen molar-refractivity contribution in [3.05, 3.63) is 29.8 Å². The highest BCUT2D eigenvalue weighted by Crippen LogP contribution is 2.24. The fourth-order valence-electron chi connectivity index (χ4n) is 1.97. The number of aryl methyl sites for hydroxylation is 2. The molecule has 8 nitrogen and oxygen atoms in total. The van der Waals surface area contributed by atoms with E-state index < -0.39 is 10.0 Å². The lowest BCUT2D eigenvalue weighted by Crippen LogP contribution is -2.15. The van der Waals surface area contributed by atoms with Gasteiger partial charge in [-0.3, -0.25) is 9.82 Å². The molecule has 0 saturated heterocycles. The molecule has 0 aliphatic heterocycles. The first-order valence-corrected chi connectivity index (χ1v) is 7.22. The van der Waals surface area contributed by atoms with Crippen LogP contribution in [0.1, 0.15) is 11.5 Å². The third-order valence-electron chi connectivity index (χ3n) is 2.80. The first kappa shape index (κ1) is 12.6. The molecule has 0 spiro atoms. The minimum atomic E-state index is -3.81. The molecule has 9 heteroatoms. The van der Waals surface area contributed by atoms with E-state index in [1.165, 1.54) is 0 Å². The Balaban J connectivity index is 2.06. The number of hydrogen-bond donors (Lipinski definition) is 2. The van der Waals surface area contributed by atoms with Crippen LogP contribution in [0.3, 0.4) is 0 Å². The molecular formula is C11H11N5O3S. The molecule has 0 aromatic carbocycles. The lowest BCUT2D eigenvalue weighted by Gasteiger charge is -2.04. The topological polar surface area (TPSA) is 114 Å². The van der Waals surface area contributed by atoms with E-state index in [9.17, 15) is 8.42 Å². The van der Waals surface area contributed by atoms with Gasteiger partial charge in [-0.1, -0.05) is 5.16 Å². The highest BCUT2D eigenvalue weighted by molar-refractivity contribution is 7.92. The van der Waals surface area contributed by atoms with Crippen LogP contribution in [0.15, 0.2) is 27.7 Å². The number of pyridine rings is 1. The third kappa shape index (κ3) is 1.92. The molecule has 0 aliphatic rings. The van der Waals surface area contributed by atoms with Crippen molar-refractivity contribution in [3.8, 4) is 0 Å². The Hall–Kier alpha value is -2.42. The Morgan fingerprint density at radius 3 is 2.85 bits per heavy atom. The number of aromatic nitrogens is 4. The first-order chi connectivity index (χ1) is 9.49. The number of H-pyrrole nitrogens is 1. The summed E-state index contributed by atoms with van der Waals surface area (Å²) < 4.78 is 32.0. The molecule has 104 valence electrons. The molecule has 3 rings (SSSR count). The lowest BCUT2D eigenvalue weighted by molar-refractivity contribution is 0.390. The minimum absolute atomic E-state index is 0.0255. The van der Waals surface area contributed by atoms with Crippen LogP contribution in [0.5, 0.6) is 0 Å². The largest absolute Gasteiger partial charge is 0.360 e. The van der Waals surface area contributed by atoms with Gasteiger partial charge in [-0.25, -0.2) is 13.4 Å². The summed E-state index contributed by atoms with van der Waals surface area (Å²) in [6.07, 6.45) is 1.59. The summed E-state index contributed by atoms with van der Waals surface area (Å²) >= 11 is 0. The fraction of sp³-hybridized carbons (Fsp3) is 0.182. The van der Waals surface area contributed by atoms with Gasteiger partial charge in [-0.2, -0.15) is 5.10 Å². The molecule has 0 unspecified atom stereocenters. The van der Waals surface area contributed by atoms with Gasteiger partial charge in [-0.15, -0.1) is 0 Å². The Labute approximate surface area is 114 Å². The van der Waals surface area contributed by atoms with Crippen molar-refractivity contribution in [1.82, 2.24) is 20.3 Å². The molecule has 3 aromatic heterocycles. The van der Waals surface area contributed by atoms with Gasteiger partial charge in [0.25, 0.3) is 10.0 Å². The van der Waals surface area contributed by atoms with Gasteiger partial charge in [0, 0.05) is 6.20 Å². The number of nitrogens with one attached hydrogen (secondary N) is 2. The van der Waals surface area contributed by atoms with Gasteiger partial charge >= 0.3 is 0 Å². The maximum Gasteiger partial charge on any atom is 0.268 e. The van der Waals surface area contributed by atoms with E-state index in [1.54, 1.807) is 32.2 Å². The van der Waals surface area contributed by atoms with E-state index in [2.05, 4.69) is 25.1 Å². The van der Waals surface area contributed by atoms with Crippen LogP contribution in [0.25, 0.3) is 11.0 Å². The molecule has 0 saturated carbocycles. The molecule has 2 N–H and O–H groups in total. The molecule has 0 bridgehead atoms. The van der Waals surface area contributed by atoms with Crippen molar-refractivity contribution in [2.45, 2.75) is 18.7 Å². The van der Waals surface area contributed by atoms with Crippen LogP contribution in [0.4, 0.5) is 5.82 Å². The second-order valence-electron chi connectivity index (χ2n) is 4.23. The normalized spacial score (nSPS) is 11.9. The monoisotopic (exact) mass is 293 g/mol. The summed E-state index contributed by atoms with van der Waals surface area (Å²) in [5, 5.41) is 10.8. The Kier molecular flexibility index (Phi) is 2.71. The summed E-state index contributed by atoms with van der Waals surface area (Å²) in [4.78, 5) is 4.07. The molecule has 0 aliphatic carbocycles. The molecule has 0 amide bonds. The summed E-state index contributed by atoms with van der Waals surface area (Å²) in [6, 6.07) is 3.42. The number of fused-ring (bicyclic) bond motifs is 1. The third-order valence-corrected chi connectivity index (χ3v) is 4.39. The zero-order chi connectivity index (χ0) is 14.3. The van der Waals surface area contributed by atoms with Gasteiger partial charge in [-0.05, 0) is 26.0 Å². The predicted octanol–water partition coefficient (Wildman–Crippen LogP) is 1.36. The molecule has 0 atom stereocenters. The number of aromatic amines is 1. The fourth-order valence-corrected chi connectivity index (χ4v) is 3.32. The van der Waals surface area contributed by atoms with Crippen molar-refractivity contribution < 1.29 is 12.9 Å². The van der Waals surface area contributed by atoms with Gasteiger partial charge in [0.1, 0.15) is 5.69 Å². The second-order valence-corrected chi connectivity index (χ2v) is 5.85. The summed E-state index contributed by atoms with van der Waals surface area (Å²) in [5.41, 5.74) is 0.803. The maximum absolute atomic E-state index is 12.4. The van der Waals surface area contributed by atoms with Crippen LogP contribution in [-0.4, -0.2) is 28.8 Å². The minimum Gasteiger partial charge on any atom is -0.360 e. The number of nitrogens with zero attached hydrogens (tertiary/aromatic N) is 3.